The first-order valence-corrected chi connectivity index (χ1v) is 12.7. The zero-order valence-corrected chi connectivity index (χ0v) is 21.1. The predicted octanol–water partition coefficient (Wildman–Crippen LogP) is 5.13. The fourth-order valence-corrected chi connectivity index (χ4v) is 5.14. The standard InChI is InChI=1S/C28H25ClN6O2/c1-2-37-28(36)23-17-31-27-22(18-32-35(27)20-6-4-3-5-7-20)26(23)34-14-12-33(13-15-34)25-10-11-30-24-16-19(29)8-9-21(24)25/h3-11,16-18H,2,12-15H2,1H3. The average molecular weight is 513 g/mol. The number of para-hydroxylation sites is 1. The summed E-state index contributed by atoms with van der Waals surface area (Å²) in [4.78, 5) is 26.6. The van der Waals surface area contributed by atoms with Gasteiger partial charge in [0.05, 0.1) is 35.1 Å². The van der Waals surface area contributed by atoms with E-state index < -0.39 is 0 Å². The highest BCUT2D eigenvalue weighted by Gasteiger charge is 2.27. The van der Waals surface area contributed by atoms with E-state index in [-0.39, 0.29) is 5.97 Å². The summed E-state index contributed by atoms with van der Waals surface area (Å²) in [5.41, 5.74) is 4.89. The molecule has 0 spiro atoms. The van der Waals surface area contributed by atoms with Gasteiger partial charge in [-0.1, -0.05) is 29.8 Å². The van der Waals surface area contributed by atoms with E-state index in [4.69, 9.17) is 16.3 Å². The van der Waals surface area contributed by atoms with Crippen molar-refractivity contribution in [3.05, 3.63) is 83.8 Å². The number of piperazine rings is 1. The number of anilines is 2. The summed E-state index contributed by atoms with van der Waals surface area (Å²) < 4.78 is 7.19. The van der Waals surface area contributed by atoms with Gasteiger partial charge in [0.1, 0.15) is 5.56 Å². The van der Waals surface area contributed by atoms with Crippen LogP contribution >= 0.6 is 11.6 Å². The summed E-state index contributed by atoms with van der Waals surface area (Å²) in [5, 5.41) is 7.19. The van der Waals surface area contributed by atoms with Gasteiger partial charge in [0.2, 0.25) is 0 Å². The van der Waals surface area contributed by atoms with E-state index in [1.165, 1.54) is 0 Å². The second kappa shape index (κ2) is 9.71. The highest BCUT2D eigenvalue weighted by Crippen LogP contribution is 2.34. The summed E-state index contributed by atoms with van der Waals surface area (Å²) in [7, 11) is 0. The van der Waals surface area contributed by atoms with Crippen molar-refractivity contribution in [1.82, 2.24) is 19.7 Å². The van der Waals surface area contributed by atoms with E-state index in [0.717, 1.165) is 59.5 Å². The van der Waals surface area contributed by atoms with Crippen LogP contribution in [0.2, 0.25) is 5.02 Å². The molecule has 1 saturated heterocycles. The minimum atomic E-state index is -0.376. The van der Waals surface area contributed by atoms with Gasteiger partial charge in [0.15, 0.2) is 5.65 Å². The number of pyridine rings is 2. The number of carbonyl (C=O) groups is 1. The number of carbonyl (C=O) groups excluding carboxylic acids is 1. The molecule has 0 saturated carbocycles. The number of aromatic nitrogens is 4. The highest BCUT2D eigenvalue weighted by molar-refractivity contribution is 6.31. The summed E-state index contributed by atoms with van der Waals surface area (Å²) >= 11 is 6.19. The molecule has 3 aromatic heterocycles. The minimum Gasteiger partial charge on any atom is -0.462 e. The molecule has 1 fully saturated rings. The monoisotopic (exact) mass is 512 g/mol. The van der Waals surface area contributed by atoms with E-state index in [0.29, 0.717) is 22.8 Å². The van der Waals surface area contributed by atoms with Gasteiger partial charge in [-0.3, -0.25) is 4.98 Å². The molecule has 6 rings (SSSR count). The molecule has 0 bridgehead atoms. The van der Waals surface area contributed by atoms with Gasteiger partial charge in [-0.2, -0.15) is 5.10 Å². The van der Waals surface area contributed by atoms with Crippen LogP contribution in [0.3, 0.4) is 0 Å². The summed E-state index contributed by atoms with van der Waals surface area (Å²) in [6.45, 7) is 5.11. The Balaban J connectivity index is 1.36. The first-order chi connectivity index (χ1) is 18.1. The topological polar surface area (TPSA) is 76.4 Å². The van der Waals surface area contributed by atoms with Crippen LogP contribution in [0.1, 0.15) is 17.3 Å². The highest BCUT2D eigenvalue weighted by atomic mass is 35.5. The molecule has 37 heavy (non-hydrogen) atoms. The van der Waals surface area contributed by atoms with E-state index in [2.05, 4.69) is 24.9 Å². The van der Waals surface area contributed by atoms with E-state index in [9.17, 15) is 4.79 Å². The van der Waals surface area contributed by atoms with Gasteiger partial charge in [-0.25, -0.2) is 14.5 Å². The average Bonchev–Trinajstić information content (AvgIpc) is 3.37. The van der Waals surface area contributed by atoms with Crippen molar-refractivity contribution in [3.8, 4) is 5.69 Å². The van der Waals surface area contributed by atoms with Gasteiger partial charge in [0.25, 0.3) is 0 Å². The number of esters is 1. The lowest BCUT2D eigenvalue weighted by Crippen LogP contribution is -2.47. The number of nitrogens with zero attached hydrogens (tertiary/aromatic N) is 6. The van der Waals surface area contributed by atoms with Gasteiger partial charge < -0.3 is 14.5 Å². The lowest BCUT2D eigenvalue weighted by atomic mass is 10.1. The molecular formula is C28H25ClN6O2. The lowest BCUT2D eigenvalue weighted by Gasteiger charge is -2.38. The number of ether oxygens (including phenoxy) is 1. The maximum atomic E-state index is 12.9. The van der Waals surface area contributed by atoms with Crippen LogP contribution < -0.4 is 9.80 Å². The van der Waals surface area contributed by atoms with E-state index in [1.807, 2.05) is 67.7 Å². The largest absolute Gasteiger partial charge is 0.462 e. The predicted molar refractivity (Wildman–Crippen MR) is 146 cm³/mol. The second-order valence-electron chi connectivity index (χ2n) is 8.84. The van der Waals surface area contributed by atoms with Crippen molar-refractivity contribution in [2.24, 2.45) is 0 Å². The summed E-state index contributed by atoms with van der Waals surface area (Å²) in [6.07, 6.45) is 5.23. The molecular weight excluding hydrogens is 488 g/mol. The Morgan fingerprint density at radius 3 is 2.51 bits per heavy atom. The Hall–Kier alpha value is -4.17. The third kappa shape index (κ3) is 4.23. The number of hydrogen-bond acceptors (Lipinski definition) is 7. The fraction of sp³-hybridized carbons (Fsp3) is 0.214. The third-order valence-corrected chi connectivity index (χ3v) is 6.92. The molecule has 0 atom stereocenters. The van der Waals surface area contributed by atoms with Crippen LogP contribution in [0, 0.1) is 0 Å². The van der Waals surface area contributed by atoms with Gasteiger partial charge in [0, 0.05) is 54.7 Å². The molecule has 0 aliphatic carbocycles. The summed E-state index contributed by atoms with van der Waals surface area (Å²) in [6, 6.07) is 17.7. The molecule has 8 nitrogen and oxygen atoms in total. The van der Waals surface area contributed by atoms with Crippen molar-refractivity contribution in [3.63, 3.8) is 0 Å². The number of halogens is 1. The minimum absolute atomic E-state index is 0.298. The smallest absolute Gasteiger partial charge is 0.341 e. The Morgan fingerprint density at radius 2 is 1.73 bits per heavy atom. The molecule has 0 amide bonds. The van der Waals surface area contributed by atoms with Crippen molar-refractivity contribution < 1.29 is 9.53 Å². The Kier molecular flexibility index (Phi) is 6.10. The van der Waals surface area contributed by atoms with Gasteiger partial charge in [-0.15, -0.1) is 0 Å². The zero-order chi connectivity index (χ0) is 25.4. The molecule has 0 unspecified atom stereocenters. The molecule has 1 aliphatic rings. The lowest BCUT2D eigenvalue weighted by molar-refractivity contribution is 0.0526. The van der Waals surface area contributed by atoms with Crippen molar-refractivity contribution in [2.75, 3.05) is 42.6 Å². The fourth-order valence-electron chi connectivity index (χ4n) is 4.98. The van der Waals surface area contributed by atoms with Crippen LogP contribution in [-0.2, 0) is 4.74 Å². The Labute approximate surface area is 219 Å². The Bertz CT molecular complexity index is 1600. The molecule has 0 N–H and O–H groups in total. The van der Waals surface area contributed by atoms with Gasteiger partial charge >= 0.3 is 5.97 Å². The van der Waals surface area contributed by atoms with Crippen molar-refractivity contribution >= 4 is 50.9 Å². The maximum absolute atomic E-state index is 12.9. The molecule has 186 valence electrons. The number of benzene rings is 2. The molecule has 5 aromatic rings. The third-order valence-electron chi connectivity index (χ3n) is 6.68. The summed E-state index contributed by atoms with van der Waals surface area (Å²) in [5.74, 6) is -0.376. The zero-order valence-electron chi connectivity index (χ0n) is 20.3. The van der Waals surface area contributed by atoms with Crippen molar-refractivity contribution in [1.29, 1.82) is 0 Å². The second-order valence-corrected chi connectivity index (χ2v) is 9.27. The van der Waals surface area contributed by atoms with Crippen LogP contribution in [0.25, 0.3) is 27.6 Å². The SMILES string of the molecule is CCOC(=O)c1cnc2c(cnn2-c2ccccc2)c1N1CCN(c2ccnc3cc(Cl)ccc23)CC1. The normalized spacial score (nSPS) is 13.9. The van der Waals surface area contributed by atoms with Crippen LogP contribution in [0.4, 0.5) is 11.4 Å². The quantitative estimate of drug-likeness (QED) is 0.302. The van der Waals surface area contributed by atoms with Crippen molar-refractivity contribution in [2.45, 2.75) is 6.92 Å². The first kappa shape index (κ1) is 23.2. The molecule has 2 aromatic carbocycles. The maximum Gasteiger partial charge on any atom is 0.341 e. The molecule has 9 heteroatoms. The van der Waals surface area contributed by atoms with Crippen LogP contribution in [0.15, 0.2) is 73.2 Å². The molecule has 0 radical (unpaired) electrons. The first-order valence-electron chi connectivity index (χ1n) is 12.3. The number of fused-ring (bicyclic) bond motifs is 2. The van der Waals surface area contributed by atoms with E-state index >= 15 is 0 Å². The number of rotatable bonds is 5. The van der Waals surface area contributed by atoms with Crippen LogP contribution in [0.5, 0.6) is 0 Å². The van der Waals surface area contributed by atoms with Crippen LogP contribution in [-0.4, -0.2) is 58.5 Å². The number of hydrogen-bond donors (Lipinski definition) is 0. The molecule has 4 heterocycles. The molecule has 1 aliphatic heterocycles. The van der Waals surface area contributed by atoms with Gasteiger partial charge in [-0.05, 0) is 43.3 Å². The van der Waals surface area contributed by atoms with E-state index in [1.54, 1.807) is 17.1 Å². The Morgan fingerprint density at radius 1 is 0.946 bits per heavy atom.